The standard InChI is InChI=1S/C24H26N4O4S/c25-23(24(29)28-15-13-27(14-16-28)20-5-2-1-3-6-20)17-19-8-10-21(11-9-19)32-33(30,31)22-7-4-12-26-18-22/h1-12,18,23H,13-17,25H2/t23-/m0/s1. The molecule has 1 amide bonds. The minimum atomic E-state index is -3.95. The molecule has 2 N–H and O–H groups in total. The predicted octanol–water partition coefficient (Wildman–Crippen LogP) is 2.07. The van der Waals surface area contributed by atoms with Crippen LogP contribution in [-0.2, 0) is 21.3 Å². The van der Waals surface area contributed by atoms with E-state index < -0.39 is 16.2 Å². The zero-order valence-corrected chi connectivity index (χ0v) is 18.9. The number of nitrogens with zero attached hydrogens (tertiary/aromatic N) is 3. The maximum Gasteiger partial charge on any atom is 0.340 e. The minimum absolute atomic E-state index is 0.0194. The van der Waals surface area contributed by atoms with E-state index >= 15 is 0 Å². The van der Waals surface area contributed by atoms with Crippen LogP contribution >= 0.6 is 0 Å². The molecule has 0 unspecified atom stereocenters. The van der Waals surface area contributed by atoms with Gasteiger partial charge in [-0.3, -0.25) is 9.78 Å². The van der Waals surface area contributed by atoms with Crippen molar-refractivity contribution < 1.29 is 17.4 Å². The number of benzene rings is 2. The number of amides is 1. The topological polar surface area (TPSA) is 106 Å². The Hall–Kier alpha value is -3.43. The number of hydrogen-bond donors (Lipinski definition) is 1. The normalized spacial score (nSPS) is 15.2. The number of carbonyl (C=O) groups is 1. The Balaban J connectivity index is 1.30. The number of aromatic nitrogens is 1. The first kappa shape index (κ1) is 22.8. The van der Waals surface area contributed by atoms with Crippen molar-refractivity contribution in [2.24, 2.45) is 5.73 Å². The van der Waals surface area contributed by atoms with Gasteiger partial charge in [-0.05, 0) is 48.4 Å². The molecule has 1 aromatic heterocycles. The van der Waals surface area contributed by atoms with Gasteiger partial charge in [-0.1, -0.05) is 30.3 Å². The lowest BCUT2D eigenvalue weighted by Crippen LogP contribution is -2.53. The number of pyridine rings is 1. The molecule has 1 fully saturated rings. The van der Waals surface area contributed by atoms with Crippen LogP contribution in [0.4, 0.5) is 5.69 Å². The highest BCUT2D eigenvalue weighted by atomic mass is 32.2. The summed E-state index contributed by atoms with van der Waals surface area (Å²) < 4.78 is 29.8. The van der Waals surface area contributed by atoms with Gasteiger partial charge in [-0.15, -0.1) is 0 Å². The molecule has 0 spiro atoms. The molecule has 33 heavy (non-hydrogen) atoms. The third kappa shape index (κ3) is 5.68. The predicted molar refractivity (Wildman–Crippen MR) is 125 cm³/mol. The molecule has 8 nitrogen and oxygen atoms in total. The van der Waals surface area contributed by atoms with Crippen molar-refractivity contribution >= 4 is 21.7 Å². The van der Waals surface area contributed by atoms with Crippen LogP contribution in [0.15, 0.2) is 84.0 Å². The second kappa shape index (κ2) is 10.0. The monoisotopic (exact) mass is 466 g/mol. The fourth-order valence-corrected chi connectivity index (χ4v) is 4.65. The van der Waals surface area contributed by atoms with Gasteiger partial charge in [0.15, 0.2) is 0 Å². The van der Waals surface area contributed by atoms with Gasteiger partial charge < -0.3 is 19.7 Å². The number of rotatable bonds is 7. The van der Waals surface area contributed by atoms with Gasteiger partial charge in [0.2, 0.25) is 5.91 Å². The van der Waals surface area contributed by atoms with Crippen LogP contribution < -0.4 is 14.8 Å². The lowest BCUT2D eigenvalue weighted by molar-refractivity contribution is -0.132. The molecule has 1 aliphatic heterocycles. The van der Waals surface area contributed by atoms with Crippen molar-refractivity contribution in [1.29, 1.82) is 0 Å². The molecule has 0 saturated carbocycles. The molecule has 1 saturated heterocycles. The summed E-state index contributed by atoms with van der Waals surface area (Å²) in [4.78, 5) is 20.7. The van der Waals surface area contributed by atoms with Crippen molar-refractivity contribution in [2.45, 2.75) is 17.4 Å². The third-order valence-electron chi connectivity index (χ3n) is 5.54. The fourth-order valence-electron chi connectivity index (χ4n) is 3.75. The van der Waals surface area contributed by atoms with E-state index in [1.165, 1.54) is 24.5 Å². The summed E-state index contributed by atoms with van der Waals surface area (Å²) in [6, 6.07) is 19.0. The smallest absolute Gasteiger partial charge is 0.340 e. The summed E-state index contributed by atoms with van der Waals surface area (Å²) in [6.45, 7) is 2.78. The van der Waals surface area contributed by atoms with E-state index in [1.54, 1.807) is 24.3 Å². The van der Waals surface area contributed by atoms with Gasteiger partial charge in [0.25, 0.3) is 0 Å². The van der Waals surface area contributed by atoms with Crippen LogP contribution in [-0.4, -0.2) is 56.4 Å². The molecule has 0 radical (unpaired) electrons. The van der Waals surface area contributed by atoms with E-state index in [9.17, 15) is 13.2 Å². The van der Waals surface area contributed by atoms with E-state index in [1.807, 2.05) is 23.1 Å². The molecule has 9 heteroatoms. The van der Waals surface area contributed by atoms with Crippen LogP contribution in [0, 0.1) is 0 Å². The Morgan fingerprint density at radius 2 is 1.67 bits per heavy atom. The van der Waals surface area contributed by atoms with Crippen LogP contribution in [0.2, 0.25) is 0 Å². The number of anilines is 1. The highest BCUT2D eigenvalue weighted by Gasteiger charge is 2.25. The molecular formula is C24H26N4O4S. The molecule has 4 rings (SSSR count). The third-order valence-corrected chi connectivity index (χ3v) is 6.77. The highest BCUT2D eigenvalue weighted by Crippen LogP contribution is 2.20. The van der Waals surface area contributed by atoms with Gasteiger partial charge >= 0.3 is 10.1 Å². The summed E-state index contributed by atoms with van der Waals surface area (Å²) in [5, 5.41) is 0. The Kier molecular flexibility index (Phi) is 6.90. The zero-order chi connectivity index (χ0) is 23.3. The molecule has 2 heterocycles. The van der Waals surface area contributed by atoms with Crippen LogP contribution in [0.5, 0.6) is 5.75 Å². The highest BCUT2D eigenvalue weighted by molar-refractivity contribution is 7.87. The SMILES string of the molecule is N[C@@H](Cc1ccc(OS(=O)(=O)c2cccnc2)cc1)C(=O)N1CCN(c2ccccc2)CC1. The first-order valence-electron chi connectivity index (χ1n) is 10.7. The first-order chi connectivity index (χ1) is 15.9. The number of nitrogens with two attached hydrogens (primary N) is 1. The average molecular weight is 467 g/mol. The summed E-state index contributed by atoms with van der Waals surface area (Å²) in [5.41, 5.74) is 8.18. The van der Waals surface area contributed by atoms with Gasteiger partial charge in [0, 0.05) is 44.3 Å². The minimum Gasteiger partial charge on any atom is -0.379 e. The Bertz CT molecular complexity index is 1160. The van der Waals surface area contributed by atoms with E-state index in [0.717, 1.165) is 24.3 Å². The van der Waals surface area contributed by atoms with Gasteiger partial charge in [-0.25, -0.2) is 0 Å². The molecular weight excluding hydrogens is 440 g/mol. The Morgan fingerprint density at radius 3 is 2.30 bits per heavy atom. The van der Waals surface area contributed by atoms with Gasteiger partial charge in [0.1, 0.15) is 10.6 Å². The maximum atomic E-state index is 12.8. The molecule has 0 aliphatic carbocycles. The summed E-state index contributed by atoms with van der Waals surface area (Å²) >= 11 is 0. The second-order valence-electron chi connectivity index (χ2n) is 7.83. The molecule has 1 atom stereocenters. The van der Waals surface area contributed by atoms with Crippen LogP contribution in [0.25, 0.3) is 0 Å². The molecule has 1 aliphatic rings. The largest absolute Gasteiger partial charge is 0.379 e. The van der Waals surface area contributed by atoms with Crippen LogP contribution in [0.1, 0.15) is 5.56 Å². The number of piperazine rings is 1. The van der Waals surface area contributed by atoms with Gasteiger partial charge in [0.05, 0.1) is 6.04 Å². The first-order valence-corrected chi connectivity index (χ1v) is 12.1. The van der Waals surface area contributed by atoms with Crippen molar-refractivity contribution in [1.82, 2.24) is 9.88 Å². The average Bonchev–Trinajstić information content (AvgIpc) is 2.86. The van der Waals surface area contributed by atoms with Crippen molar-refractivity contribution in [3.05, 3.63) is 84.7 Å². The van der Waals surface area contributed by atoms with E-state index in [0.29, 0.717) is 19.5 Å². The van der Waals surface area contributed by atoms with Crippen molar-refractivity contribution in [3.63, 3.8) is 0 Å². The molecule has 3 aromatic rings. The quantitative estimate of drug-likeness (QED) is 0.531. The van der Waals surface area contributed by atoms with Crippen molar-refractivity contribution in [3.8, 4) is 5.75 Å². The lowest BCUT2D eigenvalue weighted by Gasteiger charge is -2.37. The second-order valence-corrected chi connectivity index (χ2v) is 9.37. The lowest BCUT2D eigenvalue weighted by atomic mass is 10.0. The molecule has 0 bridgehead atoms. The zero-order valence-electron chi connectivity index (χ0n) is 18.1. The Morgan fingerprint density at radius 1 is 0.970 bits per heavy atom. The van der Waals surface area contributed by atoms with Crippen molar-refractivity contribution in [2.75, 3.05) is 31.1 Å². The number of hydrogen-bond acceptors (Lipinski definition) is 7. The van der Waals surface area contributed by atoms with Crippen LogP contribution in [0.3, 0.4) is 0 Å². The number of carbonyl (C=O) groups excluding carboxylic acids is 1. The maximum absolute atomic E-state index is 12.8. The summed E-state index contributed by atoms with van der Waals surface area (Å²) in [6.07, 6.45) is 3.07. The molecule has 2 aromatic carbocycles. The summed E-state index contributed by atoms with van der Waals surface area (Å²) in [7, 11) is -3.95. The summed E-state index contributed by atoms with van der Waals surface area (Å²) in [5.74, 6) is 0.0988. The number of para-hydroxylation sites is 1. The Labute approximate surface area is 193 Å². The van der Waals surface area contributed by atoms with E-state index in [-0.39, 0.29) is 16.6 Å². The van der Waals surface area contributed by atoms with E-state index in [4.69, 9.17) is 9.92 Å². The fraction of sp³-hybridized carbons (Fsp3) is 0.250. The van der Waals surface area contributed by atoms with E-state index in [2.05, 4.69) is 22.0 Å². The molecule has 172 valence electrons. The van der Waals surface area contributed by atoms with Gasteiger partial charge in [-0.2, -0.15) is 8.42 Å².